The summed E-state index contributed by atoms with van der Waals surface area (Å²) in [6, 6.07) is 28.2. The number of rotatable bonds is 8. The van der Waals surface area contributed by atoms with E-state index in [0.717, 1.165) is 57.8 Å². The first-order valence-electron chi connectivity index (χ1n) is 12.4. The summed E-state index contributed by atoms with van der Waals surface area (Å²) in [7, 11) is 2.19. The van der Waals surface area contributed by atoms with Crippen molar-refractivity contribution in [2.24, 2.45) is 5.73 Å². The van der Waals surface area contributed by atoms with E-state index in [4.69, 9.17) is 10.5 Å². The molecule has 4 aromatic rings. The van der Waals surface area contributed by atoms with Crippen molar-refractivity contribution in [2.75, 3.05) is 7.11 Å². The molecular formula is C31H29BFN3O+. The Kier molecular flexibility index (Phi) is 7.08. The van der Waals surface area contributed by atoms with Gasteiger partial charge in [-0.3, -0.25) is 14.5 Å². The van der Waals surface area contributed by atoms with Gasteiger partial charge in [0, 0.05) is 17.3 Å². The van der Waals surface area contributed by atoms with E-state index in [1.807, 2.05) is 72.8 Å². The standard InChI is InChI=1S/C31H29BFN3O/c1-3-10-26-29(22-13-8-5-9-14-22)28(35-30(26)23-15-17-25(37-2)18-16-23)20-24-19-27(31(34)36(24)32-33)21-11-6-4-7-12-21/h4-9,11-20,35H,3,10,34H2,1-2H3/q+1. The third-order valence-electron chi connectivity index (χ3n) is 6.65. The van der Waals surface area contributed by atoms with E-state index in [-0.39, 0.29) is 0 Å². The van der Waals surface area contributed by atoms with E-state index in [9.17, 15) is 4.32 Å². The van der Waals surface area contributed by atoms with Gasteiger partial charge in [0.05, 0.1) is 18.4 Å². The molecule has 183 valence electrons. The van der Waals surface area contributed by atoms with E-state index >= 15 is 0 Å². The van der Waals surface area contributed by atoms with Crippen LogP contribution in [-0.2, 0) is 6.42 Å². The molecule has 4 nitrogen and oxygen atoms in total. The summed E-state index contributed by atoms with van der Waals surface area (Å²) in [5, 5.41) is 0. The van der Waals surface area contributed by atoms with Crippen molar-refractivity contribution < 1.29 is 13.5 Å². The van der Waals surface area contributed by atoms with E-state index in [0.29, 0.717) is 19.2 Å². The maximum absolute atomic E-state index is 14.2. The Hall–Kier alpha value is -4.32. The molecule has 0 unspecified atom stereocenters. The van der Waals surface area contributed by atoms with Gasteiger partial charge in [-0.2, -0.15) is 0 Å². The maximum Gasteiger partial charge on any atom is 0.640 e. The average molecular weight is 489 g/mol. The fraction of sp³-hybridized carbons (Fsp3) is 0.129. The minimum absolute atomic E-state index is 0.358. The van der Waals surface area contributed by atoms with Crippen LogP contribution < -0.4 is 10.5 Å². The van der Waals surface area contributed by atoms with Gasteiger partial charge in [0.2, 0.25) is 0 Å². The number of ether oxygens (including phenoxy) is 1. The Morgan fingerprint density at radius 1 is 0.919 bits per heavy atom. The van der Waals surface area contributed by atoms with Crippen LogP contribution in [0.15, 0.2) is 96.7 Å². The van der Waals surface area contributed by atoms with Gasteiger partial charge in [-0.25, -0.2) is 0 Å². The number of methoxy groups -OCH3 is 1. The Bertz CT molecular complexity index is 1490. The second-order valence-corrected chi connectivity index (χ2v) is 8.96. The molecule has 0 bridgehead atoms. The number of hydrogen-bond donors (Lipinski definition) is 2. The van der Waals surface area contributed by atoms with Crippen molar-refractivity contribution in [3.63, 3.8) is 0 Å². The molecule has 1 aliphatic heterocycles. The molecule has 0 saturated heterocycles. The van der Waals surface area contributed by atoms with Crippen LogP contribution in [-0.4, -0.2) is 30.1 Å². The van der Waals surface area contributed by atoms with Crippen molar-refractivity contribution in [1.29, 1.82) is 0 Å². The lowest BCUT2D eigenvalue weighted by molar-refractivity contribution is -0.318. The molecule has 0 amide bonds. The molecule has 0 atom stereocenters. The minimum Gasteiger partial charge on any atom is -0.497 e. The number of H-pyrrole nitrogens is 1. The van der Waals surface area contributed by atoms with Crippen LogP contribution in [0.5, 0.6) is 5.75 Å². The van der Waals surface area contributed by atoms with Gasteiger partial charge in [0.25, 0.3) is 5.84 Å². The van der Waals surface area contributed by atoms with E-state index in [2.05, 4.69) is 36.2 Å². The zero-order chi connectivity index (χ0) is 25.8. The van der Waals surface area contributed by atoms with Crippen molar-refractivity contribution in [2.45, 2.75) is 19.8 Å². The van der Waals surface area contributed by atoms with Crippen LogP contribution in [0.2, 0.25) is 0 Å². The fourth-order valence-electron chi connectivity index (χ4n) is 4.88. The highest BCUT2D eigenvalue weighted by Crippen LogP contribution is 2.38. The van der Waals surface area contributed by atoms with Gasteiger partial charge in [0.15, 0.2) is 0 Å². The third-order valence-corrected chi connectivity index (χ3v) is 6.65. The zero-order valence-corrected chi connectivity index (χ0v) is 21.0. The predicted molar refractivity (Wildman–Crippen MR) is 151 cm³/mol. The second-order valence-electron chi connectivity index (χ2n) is 8.96. The van der Waals surface area contributed by atoms with Crippen LogP contribution in [0.1, 0.15) is 30.2 Å². The third kappa shape index (κ3) is 4.75. The quantitative estimate of drug-likeness (QED) is 0.273. The zero-order valence-electron chi connectivity index (χ0n) is 21.0. The highest BCUT2D eigenvalue weighted by Gasteiger charge is 2.29. The molecule has 0 aliphatic carbocycles. The molecular weight excluding hydrogens is 460 g/mol. The Morgan fingerprint density at radius 3 is 2.16 bits per heavy atom. The number of hydrogen-bond acceptors (Lipinski definition) is 2. The van der Waals surface area contributed by atoms with Crippen molar-refractivity contribution >= 4 is 25.2 Å². The minimum atomic E-state index is 0.358. The summed E-state index contributed by atoms with van der Waals surface area (Å²) in [6.45, 7) is 2.18. The highest BCUT2D eigenvalue weighted by molar-refractivity contribution is 6.28. The number of aromatic amines is 1. The van der Waals surface area contributed by atoms with Crippen LogP contribution in [0, 0.1) is 0 Å². The lowest BCUT2D eigenvalue weighted by Gasteiger charge is -2.08. The van der Waals surface area contributed by atoms with E-state index in [1.54, 1.807) is 7.11 Å². The highest BCUT2D eigenvalue weighted by atomic mass is 19.1. The molecule has 6 heteroatoms. The van der Waals surface area contributed by atoms with Gasteiger partial charge in [-0.1, -0.05) is 74.0 Å². The summed E-state index contributed by atoms with van der Waals surface area (Å²) < 4.78 is 20.9. The van der Waals surface area contributed by atoms with Gasteiger partial charge in [0.1, 0.15) is 11.4 Å². The number of aromatic nitrogens is 1. The molecule has 37 heavy (non-hydrogen) atoms. The van der Waals surface area contributed by atoms with Gasteiger partial charge < -0.3 is 9.72 Å². The van der Waals surface area contributed by atoms with Crippen molar-refractivity contribution in [3.05, 3.63) is 114 Å². The second kappa shape index (κ2) is 10.7. The number of allylic oxidation sites excluding steroid dienone is 1. The summed E-state index contributed by atoms with van der Waals surface area (Å²) >= 11 is 0. The summed E-state index contributed by atoms with van der Waals surface area (Å²) in [5.41, 5.74) is 15.2. The average Bonchev–Trinajstić information content (AvgIpc) is 3.46. The van der Waals surface area contributed by atoms with Crippen LogP contribution >= 0.6 is 0 Å². The van der Waals surface area contributed by atoms with Gasteiger partial charge >= 0.3 is 7.69 Å². The molecule has 2 heterocycles. The number of nitrogens with two attached hydrogens (primary N) is 1. The Labute approximate surface area is 217 Å². The monoisotopic (exact) mass is 489 g/mol. The van der Waals surface area contributed by atoms with E-state index in [1.165, 1.54) is 10.0 Å². The number of amidine groups is 1. The van der Waals surface area contributed by atoms with Crippen LogP contribution in [0.25, 0.3) is 34.0 Å². The van der Waals surface area contributed by atoms with Crippen LogP contribution in [0.4, 0.5) is 4.32 Å². The lowest BCUT2D eigenvalue weighted by Crippen LogP contribution is -2.25. The fourth-order valence-corrected chi connectivity index (χ4v) is 4.88. The lowest BCUT2D eigenvalue weighted by atomic mass is 9.94. The first-order valence-corrected chi connectivity index (χ1v) is 12.4. The predicted octanol–water partition coefficient (Wildman–Crippen LogP) is 6.62. The molecule has 3 aromatic carbocycles. The number of nitrogens with zero attached hydrogens (tertiary/aromatic N) is 1. The van der Waals surface area contributed by atoms with Crippen LogP contribution in [0.3, 0.4) is 0 Å². The molecule has 0 fully saturated rings. The Balaban J connectivity index is 1.72. The number of benzene rings is 3. The molecule has 3 N–H and O–H groups in total. The Morgan fingerprint density at radius 2 is 1.57 bits per heavy atom. The first kappa shape index (κ1) is 24.4. The summed E-state index contributed by atoms with van der Waals surface area (Å²) in [5.74, 6) is 1.17. The van der Waals surface area contributed by atoms with Gasteiger partial charge in [-0.05, 0) is 59.0 Å². The molecule has 0 spiro atoms. The van der Waals surface area contributed by atoms with Gasteiger partial charge in [-0.15, -0.1) is 0 Å². The first-order chi connectivity index (χ1) is 18.1. The number of nitrogens with one attached hydrogen (secondary N) is 1. The molecule has 0 saturated carbocycles. The van der Waals surface area contributed by atoms with E-state index < -0.39 is 0 Å². The normalized spacial score (nSPS) is 14.2. The SMILES string of the molecule is CCCc1c(-c2ccc(OC)cc2)[nH]c(/C=C2/C=C(c3ccccc3)C(N)=[N+]2[B]F)c1-c1ccccc1. The molecule has 1 radical (unpaired) electrons. The maximum atomic E-state index is 14.2. The largest absolute Gasteiger partial charge is 0.640 e. The number of halogens is 1. The smallest absolute Gasteiger partial charge is 0.497 e. The van der Waals surface area contributed by atoms with Crippen molar-refractivity contribution in [3.8, 4) is 28.1 Å². The summed E-state index contributed by atoms with van der Waals surface area (Å²) in [6.07, 6.45) is 5.79. The molecule has 1 aliphatic rings. The topological polar surface area (TPSA) is 54.0 Å². The molecule has 5 rings (SSSR count). The molecule has 1 aromatic heterocycles. The summed E-state index contributed by atoms with van der Waals surface area (Å²) in [4.78, 5) is 3.67. The van der Waals surface area contributed by atoms with Crippen molar-refractivity contribution in [1.82, 2.24) is 4.98 Å².